The number of ether oxygens (including phenoxy) is 1. The summed E-state index contributed by atoms with van der Waals surface area (Å²) in [6.45, 7) is 1.06. The van der Waals surface area contributed by atoms with Crippen LogP contribution < -0.4 is 10.6 Å². The molecule has 27 heavy (non-hydrogen) atoms. The number of hydrogen-bond donors (Lipinski definition) is 2. The van der Waals surface area contributed by atoms with Crippen molar-refractivity contribution in [2.24, 2.45) is 0 Å². The summed E-state index contributed by atoms with van der Waals surface area (Å²) in [5.74, 6) is 0. The van der Waals surface area contributed by atoms with Crippen LogP contribution in [0.25, 0.3) is 10.9 Å². The van der Waals surface area contributed by atoms with Crippen LogP contribution in [-0.2, 0) is 11.3 Å². The van der Waals surface area contributed by atoms with Gasteiger partial charge in [0.05, 0.1) is 11.6 Å². The maximum absolute atomic E-state index is 12.4. The van der Waals surface area contributed by atoms with Gasteiger partial charge in [0, 0.05) is 43.2 Å². The lowest BCUT2D eigenvalue weighted by Gasteiger charge is -2.30. The number of carbonyl (C=O) groups excluding carboxylic acids is 1. The molecule has 1 aliphatic rings. The van der Waals surface area contributed by atoms with Crippen molar-refractivity contribution in [2.75, 3.05) is 6.61 Å². The third kappa shape index (κ3) is 4.23. The predicted molar refractivity (Wildman–Crippen MR) is 103 cm³/mol. The van der Waals surface area contributed by atoms with Gasteiger partial charge in [0.25, 0.3) is 0 Å². The number of fused-ring (bicyclic) bond motifs is 1. The van der Waals surface area contributed by atoms with E-state index in [9.17, 15) is 4.79 Å². The summed E-state index contributed by atoms with van der Waals surface area (Å²) in [5.41, 5.74) is 2.97. The molecule has 1 aliphatic heterocycles. The van der Waals surface area contributed by atoms with Crippen LogP contribution in [0.3, 0.4) is 0 Å². The van der Waals surface area contributed by atoms with E-state index in [2.05, 4.69) is 20.6 Å². The fraction of sp³-hybridized carbons (Fsp3) is 0.286. The summed E-state index contributed by atoms with van der Waals surface area (Å²) in [7, 11) is 0. The summed E-state index contributed by atoms with van der Waals surface area (Å²) in [5, 5.41) is 7.09. The first-order chi connectivity index (χ1) is 13.3. The summed E-state index contributed by atoms with van der Waals surface area (Å²) in [6, 6.07) is 13.7. The summed E-state index contributed by atoms with van der Waals surface area (Å²) >= 11 is 0. The number of benzene rings is 1. The van der Waals surface area contributed by atoms with E-state index in [-0.39, 0.29) is 18.2 Å². The molecule has 2 aromatic heterocycles. The molecule has 3 heterocycles. The van der Waals surface area contributed by atoms with Crippen molar-refractivity contribution in [3.05, 3.63) is 72.2 Å². The van der Waals surface area contributed by atoms with Crippen LogP contribution in [0, 0.1) is 0 Å². The minimum absolute atomic E-state index is 0.0278. The Hall–Kier alpha value is -2.99. The molecule has 2 atom stereocenters. The molecule has 4 rings (SSSR count). The van der Waals surface area contributed by atoms with Crippen molar-refractivity contribution in [1.29, 1.82) is 0 Å². The zero-order chi connectivity index (χ0) is 18.5. The zero-order valence-corrected chi connectivity index (χ0v) is 15.0. The molecule has 6 heteroatoms. The topological polar surface area (TPSA) is 76.1 Å². The zero-order valence-electron chi connectivity index (χ0n) is 15.0. The van der Waals surface area contributed by atoms with Gasteiger partial charge in [-0.1, -0.05) is 30.3 Å². The summed E-state index contributed by atoms with van der Waals surface area (Å²) < 4.78 is 5.83. The number of urea groups is 1. The number of para-hydroxylation sites is 1. The number of carbonyl (C=O) groups is 1. The van der Waals surface area contributed by atoms with E-state index in [0.29, 0.717) is 13.2 Å². The van der Waals surface area contributed by atoms with Gasteiger partial charge in [-0.15, -0.1) is 0 Å². The van der Waals surface area contributed by atoms with Gasteiger partial charge in [0.1, 0.15) is 0 Å². The molecule has 3 aromatic rings. The first-order valence-corrected chi connectivity index (χ1v) is 9.18. The van der Waals surface area contributed by atoms with Gasteiger partial charge >= 0.3 is 6.03 Å². The Morgan fingerprint density at radius 2 is 2.04 bits per heavy atom. The average Bonchev–Trinajstić information content (AvgIpc) is 2.73. The number of rotatable bonds is 4. The van der Waals surface area contributed by atoms with Crippen molar-refractivity contribution >= 4 is 16.9 Å². The maximum Gasteiger partial charge on any atom is 0.315 e. The number of nitrogens with one attached hydrogen (secondary N) is 2. The first-order valence-electron chi connectivity index (χ1n) is 9.18. The van der Waals surface area contributed by atoms with Gasteiger partial charge in [-0.25, -0.2) is 4.79 Å². The van der Waals surface area contributed by atoms with Crippen LogP contribution in [0.15, 0.2) is 61.1 Å². The van der Waals surface area contributed by atoms with Gasteiger partial charge < -0.3 is 15.4 Å². The largest absolute Gasteiger partial charge is 0.373 e. The van der Waals surface area contributed by atoms with Crippen molar-refractivity contribution < 1.29 is 9.53 Å². The molecule has 0 bridgehead atoms. The van der Waals surface area contributed by atoms with E-state index < -0.39 is 0 Å². The van der Waals surface area contributed by atoms with E-state index in [1.54, 1.807) is 12.4 Å². The highest BCUT2D eigenvalue weighted by atomic mass is 16.5. The highest BCUT2D eigenvalue weighted by Gasteiger charge is 2.25. The van der Waals surface area contributed by atoms with Crippen molar-refractivity contribution in [3.8, 4) is 0 Å². The molecule has 138 valence electrons. The Kier molecular flexibility index (Phi) is 5.25. The highest BCUT2D eigenvalue weighted by molar-refractivity contribution is 5.82. The van der Waals surface area contributed by atoms with Crippen LogP contribution in [0.5, 0.6) is 0 Å². The van der Waals surface area contributed by atoms with Crippen molar-refractivity contribution in [3.63, 3.8) is 0 Å². The van der Waals surface area contributed by atoms with E-state index in [0.717, 1.165) is 34.9 Å². The van der Waals surface area contributed by atoms with Gasteiger partial charge in [-0.2, -0.15) is 0 Å². The molecule has 1 saturated heterocycles. The van der Waals surface area contributed by atoms with Crippen molar-refractivity contribution in [2.45, 2.75) is 31.5 Å². The molecular formula is C21H22N4O2. The predicted octanol–water partition coefficient (Wildman–Crippen LogP) is 3.35. The normalized spacial score (nSPS) is 19.6. The second kappa shape index (κ2) is 8.14. The second-order valence-electron chi connectivity index (χ2n) is 6.69. The Labute approximate surface area is 158 Å². The molecular weight excluding hydrogens is 340 g/mol. The molecule has 6 nitrogen and oxygen atoms in total. The lowest BCUT2D eigenvalue weighted by Crippen LogP contribution is -2.44. The molecule has 2 N–H and O–H groups in total. The van der Waals surface area contributed by atoms with Crippen LogP contribution in [0.1, 0.15) is 30.1 Å². The second-order valence-corrected chi connectivity index (χ2v) is 6.69. The number of pyridine rings is 2. The Bertz CT molecular complexity index is 911. The Morgan fingerprint density at radius 1 is 1.15 bits per heavy atom. The highest BCUT2D eigenvalue weighted by Crippen LogP contribution is 2.27. The van der Waals surface area contributed by atoms with Gasteiger partial charge in [-0.3, -0.25) is 9.97 Å². The molecule has 2 unspecified atom stereocenters. The number of amides is 2. The molecule has 0 aliphatic carbocycles. The third-order valence-corrected chi connectivity index (χ3v) is 4.83. The Morgan fingerprint density at radius 3 is 2.93 bits per heavy atom. The standard InChI is InChI=1S/C21H22N4O2/c26-21(24-14-17-5-1-4-15-6-3-10-23-20(15)17)25-18-8-11-27-19(12-18)16-7-2-9-22-13-16/h1-7,9-10,13,18-19H,8,11-12,14H2,(H2,24,25,26). The van der Waals surface area contributed by atoms with E-state index in [4.69, 9.17) is 4.74 Å². The molecule has 0 radical (unpaired) electrons. The van der Waals surface area contributed by atoms with Crippen LogP contribution in [0.4, 0.5) is 4.79 Å². The van der Waals surface area contributed by atoms with Gasteiger partial charge in [0.2, 0.25) is 0 Å². The SMILES string of the molecule is O=C(NCc1cccc2cccnc12)NC1CCOC(c2cccnc2)C1. The van der Waals surface area contributed by atoms with E-state index >= 15 is 0 Å². The fourth-order valence-corrected chi connectivity index (χ4v) is 3.45. The van der Waals surface area contributed by atoms with E-state index in [1.165, 1.54) is 0 Å². The monoisotopic (exact) mass is 362 g/mol. The fourth-order valence-electron chi connectivity index (χ4n) is 3.45. The lowest BCUT2D eigenvalue weighted by molar-refractivity contribution is 0.00207. The summed E-state index contributed by atoms with van der Waals surface area (Å²) in [4.78, 5) is 20.9. The van der Waals surface area contributed by atoms with Crippen LogP contribution >= 0.6 is 0 Å². The maximum atomic E-state index is 12.4. The van der Waals surface area contributed by atoms with Crippen LogP contribution in [-0.4, -0.2) is 28.6 Å². The number of aromatic nitrogens is 2. The molecule has 1 fully saturated rings. The van der Waals surface area contributed by atoms with Crippen LogP contribution in [0.2, 0.25) is 0 Å². The minimum Gasteiger partial charge on any atom is -0.373 e. The van der Waals surface area contributed by atoms with E-state index in [1.807, 2.05) is 48.7 Å². The van der Waals surface area contributed by atoms with Gasteiger partial charge in [-0.05, 0) is 36.1 Å². The Balaban J connectivity index is 1.34. The summed E-state index contributed by atoms with van der Waals surface area (Å²) in [6.07, 6.45) is 6.86. The first kappa shape index (κ1) is 17.4. The van der Waals surface area contributed by atoms with Gasteiger partial charge in [0.15, 0.2) is 0 Å². The average molecular weight is 362 g/mol. The number of hydrogen-bond acceptors (Lipinski definition) is 4. The minimum atomic E-state index is -0.167. The molecule has 2 amide bonds. The number of nitrogens with zero attached hydrogens (tertiary/aromatic N) is 2. The third-order valence-electron chi connectivity index (χ3n) is 4.83. The molecule has 0 saturated carbocycles. The molecule has 1 aromatic carbocycles. The van der Waals surface area contributed by atoms with Crippen molar-refractivity contribution in [1.82, 2.24) is 20.6 Å². The molecule has 0 spiro atoms. The smallest absolute Gasteiger partial charge is 0.315 e. The quantitative estimate of drug-likeness (QED) is 0.746. The lowest BCUT2D eigenvalue weighted by atomic mass is 9.99.